The number of likely N-dealkylation sites (tertiary alicyclic amines) is 1. The molecule has 2 aliphatic rings. The van der Waals surface area contributed by atoms with E-state index in [1.54, 1.807) is 6.07 Å². The molecule has 1 heterocycles. The largest absolute Gasteiger partial charge is 0.496 e. The predicted molar refractivity (Wildman–Crippen MR) is 72.6 cm³/mol. The van der Waals surface area contributed by atoms with E-state index in [9.17, 15) is 15.2 Å². The van der Waals surface area contributed by atoms with Crippen molar-refractivity contribution >= 4 is 5.69 Å². The second-order valence-corrected chi connectivity index (χ2v) is 5.82. The number of nitrogens with zero attached hydrogens (tertiary/aromatic N) is 2. The third-order valence-corrected chi connectivity index (χ3v) is 4.14. The standard InChI is InChI=1S/C14H18N2O4/c1-20-13-5-10(4-12(6-13)16(18)19)7-15-8-14(17,9-15)11-2-3-11/h4-6,11,17H,2-3,7-9H2,1H3. The highest BCUT2D eigenvalue weighted by molar-refractivity contribution is 5.42. The zero-order chi connectivity index (χ0) is 14.3. The lowest BCUT2D eigenvalue weighted by Crippen LogP contribution is -2.62. The first-order valence-corrected chi connectivity index (χ1v) is 6.77. The molecule has 20 heavy (non-hydrogen) atoms. The first-order valence-electron chi connectivity index (χ1n) is 6.77. The molecule has 108 valence electrons. The van der Waals surface area contributed by atoms with Crippen LogP contribution in [0, 0.1) is 16.0 Å². The molecule has 0 unspecified atom stereocenters. The monoisotopic (exact) mass is 278 g/mol. The lowest BCUT2D eigenvalue weighted by atomic mass is 9.88. The topological polar surface area (TPSA) is 75.8 Å². The van der Waals surface area contributed by atoms with Gasteiger partial charge in [0, 0.05) is 25.7 Å². The van der Waals surface area contributed by atoms with Gasteiger partial charge < -0.3 is 9.84 Å². The van der Waals surface area contributed by atoms with E-state index in [4.69, 9.17) is 4.74 Å². The van der Waals surface area contributed by atoms with Crippen molar-refractivity contribution in [2.75, 3.05) is 20.2 Å². The van der Waals surface area contributed by atoms with Crippen LogP contribution >= 0.6 is 0 Å². The number of methoxy groups -OCH3 is 1. The van der Waals surface area contributed by atoms with Gasteiger partial charge in [-0.3, -0.25) is 15.0 Å². The number of hydrogen-bond acceptors (Lipinski definition) is 5. The lowest BCUT2D eigenvalue weighted by Gasteiger charge is -2.47. The fraction of sp³-hybridized carbons (Fsp3) is 0.571. The number of aliphatic hydroxyl groups is 1. The number of non-ortho nitro benzene ring substituents is 1. The Morgan fingerprint density at radius 1 is 1.45 bits per heavy atom. The minimum atomic E-state index is -0.523. The maximum Gasteiger partial charge on any atom is 0.273 e. The fourth-order valence-electron chi connectivity index (χ4n) is 2.93. The Balaban J connectivity index is 1.68. The van der Waals surface area contributed by atoms with E-state index >= 15 is 0 Å². The van der Waals surface area contributed by atoms with Crippen LogP contribution < -0.4 is 4.74 Å². The summed E-state index contributed by atoms with van der Waals surface area (Å²) in [7, 11) is 1.50. The molecule has 0 spiro atoms. The summed E-state index contributed by atoms with van der Waals surface area (Å²) in [6, 6.07) is 4.79. The Labute approximate surface area is 117 Å². The van der Waals surface area contributed by atoms with Gasteiger partial charge in [-0.2, -0.15) is 0 Å². The lowest BCUT2D eigenvalue weighted by molar-refractivity contribution is -0.385. The van der Waals surface area contributed by atoms with Gasteiger partial charge in [-0.25, -0.2) is 0 Å². The quantitative estimate of drug-likeness (QED) is 0.653. The summed E-state index contributed by atoms with van der Waals surface area (Å²) in [6.07, 6.45) is 2.24. The Hall–Kier alpha value is -1.66. The van der Waals surface area contributed by atoms with Gasteiger partial charge >= 0.3 is 0 Å². The molecular formula is C14H18N2O4. The SMILES string of the molecule is COc1cc(CN2CC(O)(C3CC3)C2)cc([N+](=O)[O-])c1. The van der Waals surface area contributed by atoms with E-state index in [0.29, 0.717) is 31.3 Å². The average molecular weight is 278 g/mol. The summed E-state index contributed by atoms with van der Waals surface area (Å²) < 4.78 is 5.10. The van der Waals surface area contributed by atoms with Crippen LogP contribution in [0.5, 0.6) is 5.75 Å². The molecule has 1 saturated heterocycles. The molecule has 6 heteroatoms. The zero-order valence-corrected chi connectivity index (χ0v) is 11.4. The number of β-amino-alcohol motifs (C(OH)–C–C–N with tert-alkyl or cyclic N) is 1. The molecule has 0 radical (unpaired) electrons. The van der Waals surface area contributed by atoms with E-state index in [1.165, 1.54) is 13.2 Å². The van der Waals surface area contributed by atoms with Crippen molar-refractivity contribution in [1.82, 2.24) is 4.90 Å². The first kappa shape index (κ1) is 13.3. The molecule has 2 fully saturated rings. The highest BCUT2D eigenvalue weighted by Crippen LogP contribution is 2.44. The summed E-state index contributed by atoms with van der Waals surface area (Å²) in [5.41, 5.74) is 0.358. The van der Waals surface area contributed by atoms with Gasteiger partial charge in [-0.1, -0.05) is 0 Å². The van der Waals surface area contributed by atoms with Gasteiger partial charge in [0.05, 0.1) is 23.7 Å². The Kier molecular flexibility index (Phi) is 3.14. The van der Waals surface area contributed by atoms with Gasteiger partial charge in [0.15, 0.2) is 0 Å². The second-order valence-electron chi connectivity index (χ2n) is 5.82. The molecule has 1 N–H and O–H groups in total. The molecule has 1 aromatic rings. The van der Waals surface area contributed by atoms with E-state index in [0.717, 1.165) is 18.4 Å². The molecule has 0 aromatic heterocycles. The van der Waals surface area contributed by atoms with Gasteiger partial charge in [-0.05, 0) is 30.4 Å². The van der Waals surface area contributed by atoms with Gasteiger partial charge in [0.25, 0.3) is 5.69 Å². The highest BCUT2D eigenvalue weighted by Gasteiger charge is 2.51. The number of nitro benzene ring substituents is 1. The average Bonchev–Trinajstić information content (AvgIpc) is 3.20. The normalized spacial score (nSPS) is 21.3. The number of rotatable bonds is 5. The molecule has 1 aliphatic heterocycles. The van der Waals surface area contributed by atoms with Crippen LogP contribution in [0.2, 0.25) is 0 Å². The van der Waals surface area contributed by atoms with Crippen molar-refractivity contribution in [3.8, 4) is 5.75 Å². The van der Waals surface area contributed by atoms with E-state index < -0.39 is 10.5 Å². The Morgan fingerprint density at radius 2 is 2.15 bits per heavy atom. The summed E-state index contributed by atoms with van der Waals surface area (Å²) in [6.45, 7) is 1.92. The Morgan fingerprint density at radius 3 is 2.70 bits per heavy atom. The molecule has 1 aromatic carbocycles. The maximum atomic E-state index is 10.9. The third kappa shape index (κ3) is 2.48. The minimum absolute atomic E-state index is 0.0392. The van der Waals surface area contributed by atoms with Crippen LogP contribution in [-0.4, -0.2) is 40.7 Å². The van der Waals surface area contributed by atoms with Crippen molar-refractivity contribution in [2.45, 2.75) is 25.0 Å². The first-order chi connectivity index (χ1) is 9.50. The zero-order valence-electron chi connectivity index (χ0n) is 11.4. The number of benzene rings is 1. The number of hydrogen-bond donors (Lipinski definition) is 1. The van der Waals surface area contributed by atoms with Crippen molar-refractivity contribution in [3.63, 3.8) is 0 Å². The number of nitro groups is 1. The van der Waals surface area contributed by atoms with E-state index in [1.807, 2.05) is 6.07 Å². The van der Waals surface area contributed by atoms with E-state index in [2.05, 4.69) is 4.90 Å². The van der Waals surface area contributed by atoms with Crippen molar-refractivity contribution in [1.29, 1.82) is 0 Å². The van der Waals surface area contributed by atoms with Crippen LogP contribution in [0.3, 0.4) is 0 Å². The highest BCUT2D eigenvalue weighted by atomic mass is 16.6. The molecule has 0 atom stereocenters. The molecule has 0 amide bonds. The Bertz CT molecular complexity index is 536. The molecular weight excluding hydrogens is 260 g/mol. The van der Waals surface area contributed by atoms with Crippen LogP contribution in [0.4, 0.5) is 5.69 Å². The molecule has 6 nitrogen and oxygen atoms in total. The second kappa shape index (κ2) is 4.71. The van der Waals surface area contributed by atoms with E-state index in [-0.39, 0.29) is 5.69 Å². The van der Waals surface area contributed by atoms with Crippen molar-refractivity contribution < 1.29 is 14.8 Å². The van der Waals surface area contributed by atoms with Crippen molar-refractivity contribution in [2.24, 2.45) is 5.92 Å². The van der Waals surface area contributed by atoms with Crippen molar-refractivity contribution in [3.05, 3.63) is 33.9 Å². The van der Waals surface area contributed by atoms with Gasteiger partial charge in [0.2, 0.25) is 0 Å². The minimum Gasteiger partial charge on any atom is -0.496 e. The third-order valence-electron chi connectivity index (χ3n) is 4.14. The molecule has 1 aliphatic carbocycles. The number of ether oxygens (including phenoxy) is 1. The summed E-state index contributed by atoms with van der Waals surface area (Å²) >= 11 is 0. The fourth-order valence-corrected chi connectivity index (χ4v) is 2.93. The molecule has 0 bridgehead atoms. The molecule has 1 saturated carbocycles. The van der Waals surface area contributed by atoms with Crippen LogP contribution in [-0.2, 0) is 6.54 Å². The predicted octanol–water partition coefficient (Wildman–Crippen LogP) is 1.56. The smallest absolute Gasteiger partial charge is 0.273 e. The van der Waals surface area contributed by atoms with Crippen LogP contribution in [0.15, 0.2) is 18.2 Å². The van der Waals surface area contributed by atoms with Gasteiger partial charge in [0.1, 0.15) is 5.75 Å². The maximum absolute atomic E-state index is 10.9. The van der Waals surface area contributed by atoms with Crippen LogP contribution in [0.25, 0.3) is 0 Å². The summed E-state index contributed by atoms with van der Waals surface area (Å²) in [4.78, 5) is 12.6. The molecule has 3 rings (SSSR count). The van der Waals surface area contributed by atoms with Gasteiger partial charge in [-0.15, -0.1) is 0 Å². The van der Waals surface area contributed by atoms with Crippen LogP contribution in [0.1, 0.15) is 18.4 Å². The summed E-state index contributed by atoms with van der Waals surface area (Å²) in [5, 5.41) is 21.2. The summed E-state index contributed by atoms with van der Waals surface area (Å²) in [5.74, 6) is 0.950.